The number of amides is 2. The molecule has 144 valence electrons. The molecular weight excluding hydrogens is 352 g/mol. The highest BCUT2D eigenvalue weighted by Gasteiger charge is 2.15. The van der Waals surface area contributed by atoms with Crippen molar-refractivity contribution >= 4 is 17.5 Å². The molecule has 2 aromatic rings. The summed E-state index contributed by atoms with van der Waals surface area (Å²) >= 11 is 0. The third-order valence-corrected chi connectivity index (χ3v) is 4.32. The van der Waals surface area contributed by atoms with Gasteiger partial charge in [0.1, 0.15) is 6.04 Å². The first-order valence-electron chi connectivity index (χ1n) is 8.69. The molecule has 27 heavy (non-hydrogen) atoms. The van der Waals surface area contributed by atoms with E-state index in [-0.39, 0.29) is 30.9 Å². The summed E-state index contributed by atoms with van der Waals surface area (Å²) in [5, 5.41) is 7.03. The number of nitrogens with two attached hydrogens (primary N) is 1. The van der Waals surface area contributed by atoms with Gasteiger partial charge in [-0.1, -0.05) is 18.2 Å². The van der Waals surface area contributed by atoms with Crippen LogP contribution in [0.5, 0.6) is 0 Å². The lowest BCUT2D eigenvalue weighted by Gasteiger charge is -2.13. The molecule has 0 saturated carbocycles. The summed E-state index contributed by atoms with van der Waals surface area (Å²) in [5.41, 5.74) is 3.22. The number of aryl methyl sites for hydroxylation is 2. The van der Waals surface area contributed by atoms with Crippen molar-refractivity contribution in [3.63, 3.8) is 0 Å². The molecule has 1 atom stereocenters. The van der Waals surface area contributed by atoms with Crippen LogP contribution in [0.15, 0.2) is 36.4 Å². The van der Waals surface area contributed by atoms with Crippen LogP contribution in [0.1, 0.15) is 29.7 Å². The maximum atomic E-state index is 13.3. The Kier molecular flexibility index (Phi) is 7.01. The minimum absolute atomic E-state index is 0.0663. The van der Waals surface area contributed by atoms with Gasteiger partial charge in [0, 0.05) is 11.3 Å². The number of anilines is 1. The SMILES string of the molecule is Cc1cccc(C)c1NC(=O)CNC(=O)C[NH2+][C@@H](C)c1ccc(F)c(F)c1. The number of rotatable bonds is 7. The topological polar surface area (TPSA) is 74.8 Å². The molecule has 0 heterocycles. The summed E-state index contributed by atoms with van der Waals surface area (Å²) in [5.74, 6) is -2.45. The third-order valence-electron chi connectivity index (χ3n) is 4.32. The Labute approximate surface area is 157 Å². The molecule has 0 aliphatic rings. The van der Waals surface area contributed by atoms with Crippen LogP contribution in [-0.2, 0) is 9.59 Å². The van der Waals surface area contributed by atoms with E-state index in [2.05, 4.69) is 10.6 Å². The number of carbonyl (C=O) groups is 2. The lowest BCUT2D eigenvalue weighted by Crippen LogP contribution is -2.87. The van der Waals surface area contributed by atoms with Gasteiger partial charge in [-0.2, -0.15) is 0 Å². The summed E-state index contributed by atoms with van der Waals surface area (Å²) in [6.07, 6.45) is 0. The van der Waals surface area contributed by atoms with Crippen LogP contribution in [0.2, 0.25) is 0 Å². The van der Waals surface area contributed by atoms with Crippen molar-refractivity contribution in [1.82, 2.24) is 5.32 Å². The number of quaternary nitrogens is 1. The summed E-state index contributed by atoms with van der Waals surface area (Å²) < 4.78 is 26.2. The molecule has 0 saturated heterocycles. The van der Waals surface area contributed by atoms with E-state index in [1.54, 1.807) is 12.2 Å². The Morgan fingerprint density at radius 1 is 1.04 bits per heavy atom. The van der Waals surface area contributed by atoms with Crippen LogP contribution in [0.4, 0.5) is 14.5 Å². The molecule has 2 aromatic carbocycles. The molecular formula is C20H24F2N3O2+. The maximum absolute atomic E-state index is 13.3. The van der Waals surface area contributed by atoms with Crippen LogP contribution in [0.3, 0.4) is 0 Å². The molecule has 4 N–H and O–H groups in total. The number of halogens is 2. The average molecular weight is 376 g/mol. The van der Waals surface area contributed by atoms with Gasteiger partial charge in [-0.3, -0.25) is 9.59 Å². The number of hydrogen-bond donors (Lipinski definition) is 3. The quantitative estimate of drug-likeness (QED) is 0.691. The lowest BCUT2D eigenvalue weighted by molar-refractivity contribution is -0.682. The van der Waals surface area contributed by atoms with E-state index >= 15 is 0 Å². The van der Waals surface area contributed by atoms with E-state index in [0.29, 0.717) is 5.56 Å². The van der Waals surface area contributed by atoms with Crippen molar-refractivity contribution in [3.05, 3.63) is 64.7 Å². The van der Waals surface area contributed by atoms with E-state index in [0.717, 1.165) is 28.9 Å². The van der Waals surface area contributed by atoms with Crippen molar-refractivity contribution in [2.24, 2.45) is 0 Å². The fourth-order valence-corrected chi connectivity index (χ4v) is 2.66. The zero-order chi connectivity index (χ0) is 20.0. The first-order valence-corrected chi connectivity index (χ1v) is 8.69. The van der Waals surface area contributed by atoms with Gasteiger partial charge in [-0.25, -0.2) is 8.78 Å². The van der Waals surface area contributed by atoms with Gasteiger partial charge in [0.2, 0.25) is 5.91 Å². The second-order valence-corrected chi connectivity index (χ2v) is 6.49. The second kappa shape index (κ2) is 9.23. The molecule has 0 unspecified atom stereocenters. The van der Waals surface area contributed by atoms with Crippen molar-refractivity contribution in [2.45, 2.75) is 26.8 Å². The minimum Gasteiger partial charge on any atom is -0.342 e. The summed E-state index contributed by atoms with van der Waals surface area (Å²) in [7, 11) is 0. The Morgan fingerprint density at radius 3 is 2.33 bits per heavy atom. The standard InChI is InChI=1S/C20H23F2N3O2/c1-12-5-4-6-13(2)20(12)25-19(27)11-24-18(26)10-23-14(3)15-7-8-16(21)17(22)9-15/h4-9,14,23H,10-11H2,1-3H3,(H,24,26)(H,25,27)/p+1/t14-/m0/s1. The molecule has 0 aromatic heterocycles. The van der Waals surface area contributed by atoms with E-state index in [1.807, 2.05) is 32.0 Å². The van der Waals surface area contributed by atoms with Gasteiger partial charge in [0.25, 0.3) is 5.91 Å². The molecule has 0 radical (unpaired) electrons. The molecule has 5 nitrogen and oxygen atoms in total. The van der Waals surface area contributed by atoms with E-state index < -0.39 is 11.6 Å². The van der Waals surface area contributed by atoms with Crippen LogP contribution in [0, 0.1) is 25.5 Å². The molecule has 0 aliphatic carbocycles. The Bertz CT molecular complexity index is 820. The predicted octanol–water partition coefficient (Wildman–Crippen LogP) is 1.96. The van der Waals surface area contributed by atoms with Crippen LogP contribution in [0.25, 0.3) is 0 Å². The fourth-order valence-electron chi connectivity index (χ4n) is 2.66. The Hall–Kier alpha value is -2.80. The minimum atomic E-state index is -0.916. The van der Waals surface area contributed by atoms with Gasteiger partial charge in [0.05, 0.1) is 6.54 Å². The first kappa shape index (κ1) is 20.5. The zero-order valence-corrected chi connectivity index (χ0v) is 15.6. The van der Waals surface area contributed by atoms with Crippen LogP contribution < -0.4 is 16.0 Å². The number of nitrogens with one attached hydrogen (secondary N) is 2. The molecule has 0 spiro atoms. The van der Waals surface area contributed by atoms with Gasteiger partial charge < -0.3 is 16.0 Å². The molecule has 0 bridgehead atoms. The Balaban J connectivity index is 1.78. The van der Waals surface area contributed by atoms with Gasteiger partial charge >= 0.3 is 0 Å². The van der Waals surface area contributed by atoms with Crippen molar-refractivity contribution in [3.8, 4) is 0 Å². The monoisotopic (exact) mass is 376 g/mol. The number of carbonyl (C=O) groups excluding carboxylic acids is 2. The smallest absolute Gasteiger partial charge is 0.275 e. The molecule has 7 heteroatoms. The molecule has 0 aliphatic heterocycles. The Morgan fingerprint density at radius 2 is 1.70 bits per heavy atom. The van der Waals surface area contributed by atoms with Crippen molar-refractivity contribution in [2.75, 3.05) is 18.4 Å². The molecule has 2 rings (SSSR count). The highest BCUT2D eigenvalue weighted by Crippen LogP contribution is 2.19. The highest BCUT2D eigenvalue weighted by molar-refractivity contribution is 5.95. The largest absolute Gasteiger partial charge is 0.342 e. The summed E-state index contributed by atoms with van der Waals surface area (Å²) in [6.45, 7) is 5.51. The maximum Gasteiger partial charge on any atom is 0.275 e. The fraction of sp³-hybridized carbons (Fsp3) is 0.300. The normalized spacial score (nSPS) is 11.7. The second-order valence-electron chi connectivity index (χ2n) is 6.49. The van der Waals surface area contributed by atoms with Gasteiger partial charge in [0.15, 0.2) is 18.2 Å². The highest BCUT2D eigenvalue weighted by atomic mass is 19.2. The van der Waals surface area contributed by atoms with Crippen LogP contribution >= 0.6 is 0 Å². The summed E-state index contributed by atoms with van der Waals surface area (Å²) in [4.78, 5) is 24.0. The van der Waals surface area contributed by atoms with E-state index in [9.17, 15) is 18.4 Å². The number of benzene rings is 2. The first-order chi connectivity index (χ1) is 12.8. The van der Waals surface area contributed by atoms with Crippen LogP contribution in [-0.4, -0.2) is 24.9 Å². The average Bonchev–Trinajstić information content (AvgIpc) is 2.63. The molecule has 0 fully saturated rings. The summed E-state index contributed by atoms with van der Waals surface area (Å²) in [6, 6.07) is 9.14. The van der Waals surface area contributed by atoms with Gasteiger partial charge in [-0.15, -0.1) is 0 Å². The third kappa shape index (κ3) is 5.86. The predicted molar refractivity (Wildman–Crippen MR) is 99.1 cm³/mol. The van der Waals surface area contributed by atoms with Crippen molar-refractivity contribution < 1.29 is 23.7 Å². The molecule has 2 amide bonds. The van der Waals surface area contributed by atoms with Crippen molar-refractivity contribution in [1.29, 1.82) is 0 Å². The zero-order valence-electron chi connectivity index (χ0n) is 15.6. The van der Waals surface area contributed by atoms with E-state index in [1.165, 1.54) is 6.07 Å². The lowest BCUT2D eigenvalue weighted by atomic mass is 10.1. The number of hydrogen-bond acceptors (Lipinski definition) is 2. The number of para-hydroxylation sites is 1. The van der Waals surface area contributed by atoms with Gasteiger partial charge in [-0.05, 0) is 50.1 Å². The van der Waals surface area contributed by atoms with E-state index in [4.69, 9.17) is 0 Å².